The first-order valence-electron chi connectivity index (χ1n) is 17.0. The van der Waals surface area contributed by atoms with Crippen LogP contribution in [0.15, 0.2) is 36.7 Å². The molecule has 1 amide bonds. The van der Waals surface area contributed by atoms with E-state index in [1.807, 2.05) is 67.0 Å². The predicted octanol–water partition coefficient (Wildman–Crippen LogP) is 6.49. The van der Waals surface area contributed by atoms with Crippen LogP contribution in [0.3, 0.4) is 0 Å². The van der Waals surface area contributed by atoms with Crippen molar-refractivity contribution in [3.8, 4) is 11.3 Å². The number of benzene rings is 1. The molecule has 2 aliphatic heterocycles. The Bertz CT molecular complexity index is 1690. The average Bonchev–Trinajstić information content (AvgIpc) is 3.67. The Balaban J connectivity index is 1.03. The fraction of sp³-hybridized carbons (Fsp3) is 0.588. The summed E-state index contributed by atoms with van der Waals surface area (Å²) in [7, 11) is 0. The number of aromatic nitrogens is 7. The summed E-state index contributed by atoms with van der Waals surface area (Å²) in [6.07, 6.45) is 12.1. The number of carbonyl (C=O) groups excluding carboxylic acids is 1. The highest BCUT2D eigenvalue weighted by Crippen LogP contribution is 2.34. The van der Waals surface area contributed by atoms with Gasteiger partial charge in [0, 0.05) is 42.2 Å². The lowest BCUT2D eigenvalue weighted by Gasteiger charge is -2.42. The van der Waals surface area contributed by atoms with Gasteiger partial charge < -0.3 is 19.3 Å². The minimum absolute atomic E-state index is 0.0782. The van der Waals surface area contributed by atoms with E-state index >= 15 is 0 Å². The summed E-state index contributed by atoms with van der Waals surface area (Å²) < 4.78 is 15.5. The Morgan fingerprint density at radius 1 is 1.06 bits per heavy atom. The minimum atomic E-state index is -0.525. The Hall–Kier alpha value is -3.77. The van der Waals surface area contributed by atoms with Crippen molar-refractivity contribution in [2.24, 2.45) is 5.92 Å². The third-order valence-electron chi connectivity index (χ3n) is 9.42. The molecule has 3 fully saturated rings. The maximum atomic E-state index is 13.3. The van der Waals surface area contributed by atoms with Gasteiger partial charge in [-0.15, -0.1) is 10.2 Å². The third kappa shape index (κ3) is 7.23. The number of amides is 1. The molecule has 3 aliphatic rings. The molecular weight excluding hydrogens is 618 g/mol. The van der Waals surface area contributed by atoms with Gasteiger partial charge in [-0.1, -0.05) is 23.2 Å². The van der Waals surface area contributed by atoms with E-state index in [9.17, 15) is 4.79 Å². The molecular formula is C34H44ClN9O3. The number of ether oxygens (including phenoxy) is 2. The fourth-order valence-electron chi connectivity index (χ4n) is 6.80. The Morgan fingerprint density at radius 2 is 1.94 bits per heavy atom. The van der Waals surface area contributed by atoms with E-state index in [0.717, 1.165) is 79.8 Å². The average molecular weight is 662 g/mol. The number of hydrogen-bond acceptors (Lipinski definition) is 9. The number of hydrogen-bond donors (Lipinski definition) is 0. The zero-order valence-corrected chi connectivity index (χ0v) is 28.3. The molecule has 47 heavy (non-hydrogen) atoms. The first-order chi connectivity index (χ1) is 22.7. The number of halogens is 1. The van der Waals surface area contributed by atoms with Gasteiger partial charge in [-0.3, -0.25) is 0 Å². The van der Waals surface area contributed by atoms with Gasteiger partial charge in [0.15, 0.2) is 12.0 Å². The highest BCUT2D eigenvalue weighted by molar-refractivity contribution is 6.31. The van der Waals surface area contributed by atoms with Crippen LogP contribution in [-0.4, -0.2) is 83.8 Å². The van der Waals surface area contributed by atoms with Gasteiger partial charge in [0.05, 0.1) is 36.2 Å². The van der Waals surface area contributed by atoms with Gasteiger partial charge in [-0.25, -0.2) is 14.2 Å². The Kier molecular flexibility index (Phi) is 9.06. The van der Waals surface area contributed by atoms with Crippen LogP contribution >= 0.6 is 11.6 Å². The van der Waals surface area contributed by atoms with Crippen LogP contribution < -0.4 is 4.90 Å². The fourth-order valence-corrected chi connectivity index (χ4v) is 7.02. The monoisotopic (exact) mass is 661 g/mol. The molecule has 2 atom stereocenters. The molecule has 2 saturated heterocycles. The van der Waals surface area contributed by atoms with Crippen molar-refractivity contribution >= 4 is 34.4 Å². The first kappa shape index (κ1) is 31.8. The van der Waals surface area contributed by atoms with E-state index in [0.29, 0.717) is 29.7 Å². The number of piperidine rings is 1. The van der Waals surface area contributed by atoms with Crippen LogP contribution in [0.1, 0.15) is 84.1 Å². The summed E-state index contributed by atoms with van der Waals surface area (Å²) in [5.74, 6) is 1.37. The van der Waals surface area contributed by atoms with Gasteiger partial charge in [0.25, 0.3) is 0 Å². The van der Waals surface area contributed by atoms with Crippen molar-refractivity contribution in [1.29, 1.82) is 0 Å². The molecule has 0 bridgehead atoms. The van der Waals surface area contributed by atoms with Gasteiger partial charge in [-0.05, 0) is 95.9 Å². The van der Waals surface area contributed by atoms with Crippen LogP contribution in [-0.2, 0) is 16.0 Å². The lowest BCUT2D eigenvalue weighted by atomic mass is 9.84. The highest BCUT2D eigenvalue weighted by Gasteiger charge is 2.35. The summed E-state index contributed by atoms with van der Waals surface area (Å²) in [5, 5.41) is 24.2. The number of fused-ring (bicyclic) bond motifs is 1. The van der Waals surface area contributed by atoms with Gasteiger partial charge in [-0.2, -0.15) is 10.2 Å². The Labute approximate surface area is 280 Å². The van der Waals surface area contributed by atoms with Gasteiger partial charge in [0.1, 0.15) is 11.3 Å². The molecule has 12 nitrogen and oxygen atoms in total. The van der Waals surface area contributed by atoms with E-state index in [1.54, 1.807) is 4.68 Å². The minimum Gasteiger partial charge on any atom is -0.444 e. The Morgan fingerprint density at radius 3 is 2.66 bits per heavy atom. The van der Waals surface area contributed by atoms with Crippen LogP contribution in [0.4, 0.5) is 10.6 Å². The second-order valence-electron chi connectivity index (χ2n) is 14.2. The summed E-state index contributed by atoms with van der Waals surface area (Å²) >= 11 is 6.57. The lowest BCUT2D eigenvalue weighted by molar-refractivity contribution is -0.0366. The van der Waals surface area contributed by atoms with E-state index in [2.05, 4.69) is 30.5 Å². The zero-order chi connectivity index (χ0) is 32.5. The standard InChI is InChI=1S/C34H44ClN9O3/c1-34(2,3)47-33(45)43(19-23-8-6-9-23)26-10-7-14-41(21-26)31-13-12-25(37-39-31)20-42-22-29(38-40-42)27-16-24(35)17-30-28(27)18-36-44(30)32-11-4-5-15-46-32/h12-13,16-18,22-23,26,32H,4-11,14-15,19-21H2,1-3H3/t26-,32?/m1/s1. The van der Waals surface area contributed by atoms with Crippen LogP contribution in [0, 0.1) is 5.92 Å². The first-order valence-corrected chi connectivity index (χ1v) is 17.3. The van der Waals surface area contributed by atoms with E-state index < -0.39 is 5.60 Å². The molecule has 1 unspecified atom stereocenters. The van der Waals surface area contributed by atoms with Gasteiger partial charge in [0.2, 0.25) is 0 Å². The van der Waals surface area contributed by atoms with Crippen LogP contribution in [0.2, 0.25) is 5.02 Å². The quantitative estimate of drug-likeness (QED) is 0.209. The predicted molar refractivity (Wildman–Crippen MR) is 179 cm³/mol. The number of rotatable bonds is 8. The molecule has 1 aromatic carbocycles. The molecule has 250 valence electrons. The smallest absolute Gasteiger partial charge is 0.410 e. The summed E-state index contributed by atoms with van der Waals surface area (Å²) in [5.41, 5.74) is 2.76. The van der Waals surface area contributed by atoms with Crippen molar-refractivity contribution in [3.63, 3.8) is 0 Å². The second-order valence-corrected chi connectivity index (χ2v) is 14.6. The molecule has 4 aromatic rings. The highest BCUT2D eigenvalue weighted by atomic mass is 35.5. The topological polar surface area (TPSA) is 116 Å². The lowest BCUT2D eigenvalue weighted by Crippen LogP contribution is -2.53. The maximum Gasteiger partial charge on any atom is 0.410 e. The van der Waals surface area contributed by atoms with Gasteiger partial charge >= 0.3 is 6.09 Å². The molecule has 0 spiro atoms. The molecule has 0 radical (unpaired) electrons. The normalized spacial score (nSPS) is 20.7. The van der Waals surface area contributed by atoms with Crippen LogP contribution in [0.5, 0.6) is 0 Å². The van der Waals surface area contributed by atoms with Crippen molar-refractivity contribution in [1.82, 2.24) is 39.9 Å². The molecule has 1 saturated carbocycles. The summed E-state index contributed by atoms with van der Waals surface area (Å²) in [6, 6.07) is 7.91. The zero-order valence-electron chi connectivity index (χ0n) is 27.5. The van der Waals surface area contributed by atoms with E-state index in [1.165, 1.54) is 19.3 Å². The molecule has 7 rings (SSSR count). The van der Waals surface area contributed by atoms with Crippen LogP contribution in [0.25, 0.3) is 22.2 Å². The molecule has 3 aromatic heterocycles. The third-order valence-corrected chi connectivity index (χ3v) is 9.64. The molecule has 13 heteroatoms. The van der Waals surface area contributed by atoms with E-state index in [-0.39, 0.29) is 18.4 Å². The maximum absolute atomic E-state index is 13.3. The van der Waals surface area contributed by atoms with Crippen molar-refractivity contribution in [3.05, 3.63) is 47.4 Å². The number of anilines is 1. The van der Waals surface area contributed by atoms with Crippen molar-refractivity contribution in [2.75, 3.05) is 31.1 Å². The second kappa shape index (κ2) is 13.4. The number of nitrogens with zero attached hydrogens (tertiary/aromatic N) is 9. The number of carbonyl (C=O) groups is 1. The molecule has 1 aliphatic carbocycles. The molecule has 5 heterocycles. The summed E-state index contributed by atoms with van der Waals surface area (Å²) in [4.78, 5) is 17.5. The molecule has 0 N–H and O–H groups in total. The summed E-state index contributed by atoms with van der Waals surface area (Å²) in [6.45, 7) is 9.29. The largest absolute Gasteiger partial charge is 0.444 e. The van der Waals surface area contributed by atoms with Crippen molar-refractivity contribution in [2.45, 2.75) is 96.6 Å². The van der Waals surface area contributed by atoms with Crippen molar-refractivity contribution < 1.29 is 14.3 Å². The SMILES string of the molecule is CC(C)(C)OC(=O)N(CC1CCC1)[C@@H]1CCCN(c2ccc(Cn3cc(-c4cc(Cl)cc5c4cnn5C4CCCCO4)nn3)nn2)C1. The van der Waals surface area contributed by atoms with E-state index in [4.69, 9.17) is 21.1 Å².